The number of ether oxygens (including phenoxy) is 2. The number of fused-ring (bicyclic) bond motifs is 6. The number of carbonyl (C=O) groups is 3. The van der Waals surface area contributed by atoms with Crippen LogP contribution in [0.1, 0.15) is 78.1 Å². The molecule has 3 saturated carbocycles. The van der Waals surface area contributed by atoms with Crippen LogP contribution in [0.5, 0.6) is 0 Å². The van der Waals surface area contributed by atoms with Crippen LogP contribution in [0.15, 0.2) is 11.6 Å². The SMILES string of the molecule is COC(=O)C[C@@H]1CC2=CC(=O)CCC2(C)[C@@]2(O)CCC3(C)C(CC[C@@]34CCC(=O)O4)C12. The first-order valence-corrected chi connectivity index (χ1v) is 11.8. The Kier molecular flexibility index (Phi) is 4.55. The number of methoxy groups -OCH3 is 1. The van der Waals surface area contributed by atoms with Crippen LogP contribution in [-0.2, 0) is 23.9 Å². The van der Waals surface area contributed by atoms with E-state index in [1.807, 2.05) is 0 Å². The van der Waals surface area contributed by atoms with E-state index in [4.69, 9.17) is 9.47 Å². The summed E-state index contributed by atoms with van der Waals surface area (Å²) >= 11 is 0. The molecule has 5 aliphatic rings. The lowest BCUT2D eigenvalue weighted by atomic mass is 9.41. The Morgan fingerprint density at radius 3 is 2.61 bits per heavy atom. The highest BCUT2D eigenvalue weighted by atomic mass is 16.6. The maximum Gasteiger partial charge on any atom is 0.306 e. The molecule has 4 unspecified atom stereocenters. The number of hydrogen-bond acceptors (Lipinski definition) is 6. The van der Waals surface area contributed by atoms with E-state index in [1.165, 1.54) is 7.11 Å². The van der Waals surface area contributed by atoms with Gasteiger partial charge < -0.3 is 14.6 Å². The number of aliphatic hydroxyl groups is 1. The van der Waals surface area contributed by atoms with Crippen molar-refractivity contribution in [2.75, 3.05) is 7.11 Å². The fourth-order valence-electron chi connectivity index (χ4n) is 8.48. The van der Waals surface area contributed by atoms with E-state index in [0.717, 1.165) is 31.3 Å². The van der Waals surface area contributed by atoms with Gasteiger partial charge in [0.2, 0.25) is 0 Å². The van der Waals surface area contributed by atoms with Crippen molar-refractivity contribution in [1.29, 1.82) is 0 Å². The minimum Gasteiger partial charge on any atom is -0.469 e. The highest BCUT2D eigenvalue weighted by Crippen LogP contribution is 2.72. The van der Waals surface area contributed by atoms with Crippen LogP contribution in [0.4, 0.5) is 0 Å². The number of carbonyl (C=O) groups excluding carboxylic acids is 3. The van der Waals surface area contributed by atoms with Crippen LogP contribution in [-0.4, -0.2) is 41.1 Å². The minimum atomic E-state index is -0.977. The van der Waals surface area contributed by atoms with E-state index in [2.05, 4.69) is 13.8 Å². The Hall–Kier alpha value is -1.69. The van der Waals surface area contributed by atoms with Crippen molar-refractivity contribution in [1.82, 2.24) is 0 Å². The Balaban J connectivity index is 1.60. The van der Waals surface area contributed by atoms with Gasteiger partial charge in [-0.05, 0) is 68.8 Å². The van der Waals surface area contributed by atoms with Crippen molar-refractivity contribution in [2.45, 2.75) is 89.3 Å². The zero-order chi connectivity index (χ0) is 22.2. The average molecular weight is 431 g/mol. The summed E-state index contributed by atoms with van der Waals surface area (Å²) in [6.07, 6.45) is 8.07. The van der Waals surface area contributed by atoms with E-state index < -0.39 is 16.6 Å². The molecule has 4 fully saturated rings. The molecule has 0 amide bonds. The van der Waals surface area contributed by atoms with Gasteiger partial charge in [0.1, 0.15) is 5.60 Å². The molecule has 6 heteroatoms. The molecule has 1 spiro atoms. The van der Waals surface area contributed by atoms with Gasteiger partial charge in [0.05, 0.1) is 12.7 Å². The predicted octanol–water partition coefficient (Wildman–Crippen LogP) is 3.50. The lowest BCUT2D eigenvalue weighted by Gasteiger charge is -2.65. The van der Waals surface area contributed by atoms with Gasteiger partial charge in [0.25, 0.3) is 0 Å². The molecule has 4 aliphatic carbocycles. The second kappa shape index (κ2) is 6.66. The zero-order valence-corrected chi connectivity index (χ0v) is 18.9. The van der Waals surface area contributed by atoms with Gasteiger partial charge in [-0.25, -0.2) is 0 Å². The molecule has 0 aromatic heterocycles. The second-order valence-corrected chi connectivity index (χ2v) is 11.2. The average Bonchev–Trinajstić information content (AvgIpc) is 3.24. The Bertz CT molecular complexity index is 877. The normalized spacial score (nSPS) is 48.5. The zero-order valence-electron chi connectivity index (χ0n) is 18.9. The lowest BCUT2D eigenvalue weighted by molar-refractivity contribution is -0.226. The first-order chi connectivity index (χ1) is 14.6. The molecule has 7 atom stereocenters. The summed E-state index contributed by atoms with van der Waals surface area (Å²) in [5.41, 5.74) is -1.08. The molecule has 31 heavy (non-hydrogen) atoms. The topological polar surface area (TPSA) is 89.9 Å². The molecular weight excluding hydrogens is 396 g/mol. The van der Waals surface area contributed by atoms with E-state index in [-0.39, 0.29) is 47.3 Å². The van der Waals surface area contributed by atoms with Gasteiger partial charge in [-0.3, -0.25) is 14.4 Å². The molecule has 1 saturated heterocycles. The molecule has 0 radical (unpaired) electrons. The maximum absolute atomic E-state index is 12.4. The van der Waals surface area contributed by atoms with Gasteiger partial charge in [-0.2, -0.15) is 0 Å². The van der Waals surface area contributed by atoms with Crippen LogP contribution in [0, 0.1) is 28.6 Å². The summed E-state index contributed by atoms with van der Waals surface area (Å²) in [7, 11) is 1.40. The van der Waals surface area contributed by atoms with Crippen LogP contribution in [0.25, 0.3) is 0 Å². The Morgan fingerprint density at radius 2 is 1.94 bits per heavy atom. The van der Waals surface area contributed by atoms with Gasteiger partial charge in [0.15, 0.2) is 5.78 Å². The number of rotatable bonds is 2. The van der Waals surface area contributed by atoms with Gasteiger partial charge >= 0.3 is 11.9 Å². The van der Waals surface area contributed by atoms with E-state index in [9.17, 15) is 19.5 Å². The molecule has 5 rings (SSSR count). The van der Waals surface area contributed by atoms with Crippen molar-refractivity contribution in [3.63, 3.8) is 0 Å². The molecule has 0 aromatic carbocycles. The molecule has 0 bridgehead atoms. The van der Waals surface area contributed by atoms with Crippen LogP contribution in [0.3, 0.4) is 0 Å². The fourth-order valence-corrected chi connectivity index (χ4v) is 8.48. The monoisotopic (exact) mass is 430 g/mol. The summed E-state index contributed by atoms with van der Waals surface area (Å²) in [6.45, 7) is 4.37. The predicted molar refractivity (Wildman–Crippen MR) is 112 cm³/mol. The number of esters is 2. The molecule has 1 heterocycles. The summed E-state index contributed by atoms with van der Waals surface area (Å²) < 4.78 is 11.0. The van der Waals surface area contributed by atoms with Crippen LogP contribution >= 0.6 is 0 Å². The molecule has 1 aliphatic heterocycles. The number of hydrogen-bond donors (Lipinski definition) is 1. The highest BCUT2D eigenvalue weighted by Gasteiger charge is 2.72. The molecular formula is C25H34O6. The van der Waals surface area contributed by atoms with Crippen molar-refractivity contribution < 1.29 is 29.0 Å². The van der Waals surface area contributed by atoms with Gasteiger partial charge in [-0.1, -0.05) is 19.4 Å². The molecule has 6 nitrogen and oxygen atoms in total. The Labute approximate surface area is 183 Å². The molecule has 1 N–H and O–H groups in total. The standard InChI is InChI=1S/C25H34O6/c1-22-7-4-17(26)14-16(22)12-15(13-20(28)30-3)21-18-5-8-24(9-6-19(27)31-24)23(18,2)10-11-25(21,22)29/h14-15,18,21,29H,4-13H2,1-3H3/t15-,18?,21?,22?,23?,24+,25+/m0/s1. The molecule has 0 aromatic rings. The smallest absolute Gasteiger partial charge is 0.306 e. The summed E-state index contributed by atoms with van der Waals surface area (Å²) in [4.78, 5) is 36.7. The van der Waals surface area contributed by atoms with Gasteiger partial charge in [0, 0.05) is 30.1 Å². The van der Waals surface area contributed by atoms with E-state index in [0.29, 0.717) is 32.1 Å². The number of ketones is 1. The quantitative estimate of drug-likeness (QED) is 0.675. The third-order valence-electron chi connectivity index (χ3n) is 10.3. The molecule has 170 valence electrons. The van der Waals surface area contributed by atoms with E-state index in [1.54, 1.807) is 6.08 Å². The summed E-state index contributed by atoms with van der Waals surface area (Å²) in [5.74, 6) is -0.266. The third kappa shape index (κ3) is 2.63. The largest absolute Gasteiger partial charge is 0.469 e. The van der Waals surface area contributed by atoms with Crippen LogP contribution in [0.2, 0.25) is 0 Å². The van der Waals surface area contributed by atoms with Gasteiger partial charge in [-0.15, -0.1) is 0 Å². The van der Waals surface area contributed by atoms with E-state index >= 15 is 0 Å². The van der Waals surface area contributed by atoms with Crippen molar-refractivity contribution in [3.8, 4) is 0 Å². The summed E-state index contributed by atoms with van der Waals surface area (Å²) in [6, 6.07) is 0. The lowest BCUT2D eigenvalue weighted by Crippen LogP contribution is -2.67. The van der Waals surface area contributed by atoms with Crippen molar-refractivity contribution in [3.05, 3.63) is 11.6 Å². The van der Waals surface area contributed by atoms with Crippen LogP contribution < -0.4 is 0 Å². The first kappa shape index (κ1) is 21.2. The van der Waals surface area contributed by atoms with Crippen molar-refractivity contribution >= 4 is 17.7 Å². The fraction of sp³-hybridized carbons (Fsp3) is 0.800. The van der Waals surface area contributed by atoms with Crippen molar-refractivity contribution in [2.24, 2.45) is 28.6 Å². The minimum absolute atomic E-state index is 0.0837. The second-order valence-electron chi connectivity index (χ2n) is 11.2. The third-order valence-corrected chi connectivity index (χ3v) is 10.3. The maximum atomic E-state index is 12.4. The summed E-state index contributed by atoms with van der Waals surface area (Å²) in [5, 5.41) is 12.4. The highest BCUT2D eigenvalue weighted by molar-refractivity contribution is 5.91. The first-order valence-electron chi connectivity index (χ1n) is 11.8. The Morgan fingerprint density at radius 1 is 1.16 bits per heavy atom.